The lowest BCUT2D eigenvalue weighted by Crippen LogP contribution is -2.40. The second-order valence-electron chi connectivity index (χ2n) is 7.22. The highest BCUT2D eigenvalue weighted by Gasteiger charge is 2.16. The third kappa shape index (κ3) is 6.26. The smallest absolute Gasteiger partial charge is 0.255 e. The van der Waals surface area contributed by atoms with Crippen LogP contribution in [0.4, 0.5) is 11.4 Å². The number of benzene rings is 2. The van der Waals surface area contributed by atoms with Crippen LogP contribution in [0.1, 0.15) is 54.8 Å². The van der Waals surface area contributed by atoms with Gasteiger partial charge in [0, 0.05) is 34.5 Å². The molecule has 0 aliphatic heterocycles. The molecule has 2 rings (SSSR count). The van der Waals surface area contributed by atoms with Crippen LogP contribution in [0.5, 0.6) is 0 Å². The average molecular weight is 367 g/mol. The predicted octanol–water partition coefficient (Wildman–Crippen LogP) is 3.82. The summed E-state index contributed by atoms with van der Waals surface area (Å²) in [4.78, 5) is 36.1. The summed E-state index contributed by atoms with van der Waals surface area (Å²) >= 11 is 0. The quantitative estimate of drug-likeness (QED) is 0.751. The first-order valence-electron chi connectivity index (χ1n) is 8.82. The van der Waals surface area contributed by atoms with Crippen molar-refractivity contribution in [3.63, 3.8) is 0 Å². The number of nitrogens with one attached hydrogen (secondary N) is 3. The van der Waals surface area contributed by atoms with E-state index in [-0.39, 0.29) is 23.3 Å². The van der Waals surface area contributed by atoms with E-state index < -0.39 is 0 Å². The number of anilines is 2. The number of rotatable bonds is 5. The van der Waals surface area contributed by atoms with Crippen LogP contribution in [0.15, 0.2) is 48.5 Å². The molecule has 0 unspecified atom stereocenters. The van der Waals surface area contributed by atoms with Gasteiger partial charge in [0.05, 0.1) is 0 Å². The molecule has 0 spiro atoms. The van der Waals surface area contributed by atoms with Gasteiger partial charge in [-0.2, -0.15) is 0 Å². The summed E-state index contributed by atoms with van der Waals surface area (Å²) in [5.74, 6) is -0.580. The van der Waals surface area contributed by atoms with Gasteiger partial charge in [-0.3, -0.25) is 14.4 Å². The van der Waals surface area contributed by atoms with Crippen molar-refractivity contribution in [2.75, 3.05) is 10.6 Å². The second-order valence-corrected chi connectivity index (χ2v) is 7.22. The van der Waals surface area contributed by atoms with Crippen LogP contribution in [-0.2, 0) is 4.79 Å². The maximum Gasteiger partial charge on any atom is 0.255 e. The Morgan fingerprint density at radius 2 is 1.48 bits per heavy atom. The molecule has 6 heteroatoms. The summed E-state index contributed by atoms with van der Waals surface area (Å²) < 4.78 is 0. The van der Waals surface area contributed by atoms with Crippen molar-refractivity contribution in [2.45, 2.75) is 39.7 Å². The minimum absolute atomic E-state index is 0.0856. The van der Waals surface area contributed by atoms with E-state index in [0.717, 1.165) is 0 Å². The summed E-state index contributed by atoms with van der Waals surface area (Å²) in [6.07, 6.45) is 0.390. The molecule has 0 saturated carbocycles. The summed E-state index contributed by atoms with van der Waals surface area (Å²) in [5.41, 5.74) is 1.75. The molecular formula is C21H25N3O3. The standard InChI is InChI=1S/C21H25N3O3/c1-5-18(25)22-16-11-9-14(10-12-16)19(26)23-17-8-6-7-15(13-17)20(27)24-21(2,3)4/h6-13H,5H2,1-4H3,(H,22,25)(H,23,26)(H,24,27). The van der Waals surface area contributed by atoms with Crippen LogP contribution >= 0.6 is 0 Å². The lowest BCUT2D eigenvalue weighted by molar-refractivity contribution is -0.115. The minimum Gasteiger partial charge on any atom is -0.347 e. The van der Waals surface area contributed by atoms with E-state index in [1.54, 1.807) is 55.5 Å². The average Bonchev–Trinajstić information content (AvgIpc) is 2.61. The van der Waals surface area contributed by atoms with E-state index in [9.17, 15) is 14.4 Å². The first-order chi connectivity index (χ1) is 12.7. The highest BCUT2D eigenvalue weighted by atomic mass is 16.2. The monoisotopic (exact) mass is 367 g/mol. The summed E-state index contributed by atoms with van der Waals surface area (Å²) in [6, 6.07) is 13.4. The Bertz CT molecular complexity index is 836. The Morgan fingerprint density at radius 1 is 0.815 bits per heavy atom. The Labute approximate surface area is 159 Å². The SMILES string of the molecule is CCC(=O)Nc1ccc(C(=O)Nc2cccc(C(=O)NC(C)(C)C)c2)cc1. The second kappa shape index (κ2) is 8.49. The van der Waals surface area contributed by atoms with Gasteiger partial charge in [-0.1, -0.05) is 13.0 Å². The highest BCUT2D eigenvalue weighted by molar-refractivity contribution is 6.05. The molecule has 0 radical (unpaired) electrons. The zero-order valence-electron chi connectivity index (χ0n) is 16.1. The Hall–Kier alpha value is -3.15. The molecule has 0 aliphatic rings. The molecule has 0 fully saturated rings. The fourth-order valence-corrected chi connectivity index (χ4v) is 2.31. The van der Waals surface area contributed by atoms with Gasteiger partial charge in [-0.15, -0.1) is 0 Å². The molecular weight excluding hydrogens is 342 g/mol. The van der Waals surface area contributed by atoms with Crippen molar-refractivity contribution in [1.82, 2.24) is 5.32 Å². The first-order valence-corrected chi connectivity index (χ1v) is 8.82. The molecule has 0 aliphatic carbocycles. The lowest BCUT2D eigenvalue weighted by Gasteiger charge is -2.20. The van der Waals surface area contributed by atoms with Gasteiger partial charge in [0.15, 0.2) is 0 Å². The van der Waals surface area contributed by atoms with E-state index in [2.05, 4.69) is 16.0 Å². The fraction of sp³-hybridized carbons (Fsp3) is 0.286. The molecule has 2 aromatic carbocycles. The van der Waals surface area contributed by atoms with E-state index in [1.165, 1.54) is 0 Å². The third-order valence-corrected chi connectivity index (χ3v) is 3.62. The topological polar surface area (TPSA) is 87.3 Å². The van der Waals surface area contributed by atoms with Gasteiger partial charge in [-0.25, -0.2) is 0 Å². The number of carbonyl (C=O) groups is 3. The molecule has 0 bridgehead atoms. The zero-order chi connectivity index (χ0) is 20.0. The molecule has 0 aromatic heterocycles. The summed E-state index contributed by atoms with van der Waals surface area (Å²) in [6.45, 7) is 7.49. The largest absolute Gasteiger partial charge is 0.347 e. The number of hydrogen-bond donors (Lipinski definition) is 3. The van der Waals surface area contributed by atoms with Crippen molar-refractivity contribution >= 4 is 29.1 Å². The molecule has 6 nitrogen and oxygen atoms in total. The van der Waals surface area contributed by atoms with Crippen LogP contribution < -0.4 is 16.0 Å². The normalized spacial score (nSPS) is 10.8. The van der Waals surface area contributed by atoms with Gasteiger partial charge in [0.2, 0.25) is 5.91 Å². The maximum atomic E-state index is 12.4. The van der Waals surface area contributed by atoms with Crippen molar-refractivity contribution in [1.29, 1.82) is 0 Å². The van der Waals surface area contributed by atoms with Gasteiger partial charge >= 0.3 is 0 Å². The van der Waals surface area contributed by atoms with E-state index in [4.69, 9.17) is 0 Å². The van der Waals surface area contributed by atoms with Gasteiger partial charge in [0.1, 0.15) is 0 Å². The third-order valence-electron chi connectivity index (χ3n) is 3.62. The molecule has 27 heavy (non-hydrogen) atoms. The number of hydrogen-bond acceptors (Lipinski definition) is 3. The molecule has 3 N–H and O–H groups in total. The van der Waals surface area contributed by atoms with Gasteiger partial charge in [-0.05, 0) is 63.2 Å². The van der Waals surface area contributed by atoms with Crippen LogP contribution in [0.2, 0.25) is 0 Å². The maximum absolute atomic E-state index is 12.4. The van der Waals surface area contributed by atoms with E-state index in [1.807, 2.05) is 20.8 Å². The molecule has 0 saturated heterocycles. The van der Waals surface area contributed by atoms with E-state index >= 15 is 0 Å². The Balaban J connectivity index is 2.06. The zero-order valence-corrected chi connectivity index (χ0v) is 16.1. The van der Waals surface area contributed by atoms with Crippen molar-refractivity contribution in [2.24, 2.45) is 0 Å². The van der Waals surface area contributed by atoms with Gasteiger partial charge < -0.3 is 16.0 Å². The number of carbonyl (C=O) groups excluding carboxylic acids is 3. The first kappa shape index (κ1) is 20.2. The van der Waals surface area contributed by atoms with E-state index in [0.29, 0.717) is 28.9 Å². The highest BCUT2D eigenvalue weighted by Crippen LogP contribution is 2.15. The molecule has 2 aromatic rings. The number of amides is 3. The molecule has 0 heterocycles. The van der Waals surface area contributed by atoms with Gasteiger partial charge in [0.25, 0.3) is 11.8 Å². The van der Waals surface area contributed by atoms with Crippen LogP contribution in [0.25, 0.3) is 0 Å². The van der Waals surface area contributed by atoms with Crippen molar-refractivity contribution < 1.29 is 14.4 Å². The molecule has 3 amide bonds. The fourth-order valence-electron chi connectivity index (χ4n) is 2.31. The predicted molar refractivity (Wildman–Crippen MR) is 107 cm³/mol. The van der Waals surface area contributed by atoms with Crippen LogP contribution in [-0.4, -0.2) is 23.3 Å². The summed E-state index contributed by atoms with van der Waals surface area (Å²) in [7, 11) is 0. The van der Waals surface area contributed by atoms with Crippen LogP contribution in [0, 0.1) is 0 Å². The minimum atomic E-state index is -0.342. The summed E-state index contributed by atoms with van der Waals surface area (Å²) in [5, 5.41) is 8.40. The lowest BCUT2D eigenvalue weighted by atomic mass is 10.1. The molecule has 142 valence electrons. The van der Waals surface area contributed by atoms with Crippen molar-refractivity contribution in [3.05, 3.63) is 59.7 Å². The Morgan fingerprint density at radius 3 is 2.07 bits per heavy atom. The Kier molecular flexibility index (Phi) is 6.34. The van der Waals surface area contributed by atoms with Crippen LogP contribution in [0.3, 0.4) is 0 Å². The molecule has 0 atom stereocenters. The van der Waals surface area contributed by atoms with Crippen molar-refractivity contribution in [3.8, 4) is 0 Å².